The number of hydrogen-bond donors (Lipinski definition) is 4. The standard InChI is InChI=1S/C16H10BrClN4O2/c17-7-4-9(14-12(5-7)21-16(24)22-14)15(23)20-11-3-1-2-8-10(18)6-19-13(8)11/h1-6,19H,(H,20,23)(H2,21,22,24). The molecular formula is C16H10BrClN4O2. The maximum atomic E-state index is 12.7. The minimum Gasteiger partial charge on any atom is -0.358 e. The van der Waals surface area contributed by atoms with Crippen LogP contribution in [0.15, 0.2) is 45.8 Å². The van der Waals surface area contributed by atoms with E-state index in [9.17, 15) is 9.59 Å². The van der Waals surface area contributed by atoms with Crippen molar-refractivity contribution in [3.05, 3.63) is 62.1 Å². The predicted octanol–water partition coefficient (Wildman–Crippen LogP) is 4.01. The number of imidazole rings is 1. The lowest BCUT2D eigenvalue weighted by Gasteiger charge is -2.08. The molecule has 0 saturated carbocycles. The molecule has 0 unspecified atom stereocenters. The Morgan fingerprint density at radius 3 is 2.83 bits per heavy atom. The van der Waals surface area contributed by atoms with Crippen molar-refractivity contribution in [2.45, 2.75) is 0 Å². The summed E-state index contributed by atoms with van der Waals surface area (Å²) in [5, 5.41) is 4.26. The molecule has 8 heteroatoms. The third-order valence-corrected chi connectivity index (χ3v) is 4.52. The minimum absolute atomic E-state index is 0.338. The molecule has 120 valence electrons. The maximum absolute atomic E-state index is 12.7. The van der Waals surface area contributed by atoms with Crippen LogP contribution in [0.5, 0.6) is 0 Å². The molecule has 4 N–H and O–H groups in total. The van der Waals surface area contributed by atoms with Gasteiger partial charge in [-0.1, -0.05) is 39.7 Å². The van der Waals surface area contributed by atoms with Gasteiger partial charge in [0.05, 0.1) is 32.8 Å². The number of benzene rings is 2. The summed E-state index contributed by atoms with van der Waals surface area (Å²) < 4.78 is 0.691. The average molecular weight is 406 g/mol. The van der Waals surface area contributed by atoms with Gasteiger partial charge in [-0.15, -0.1) is 0 Å². The molecule has 4 rings (SSSR count). The third-order valence-electron chi connectivity index (χ3n) is 3.75. The molecule has 0 saturated heterocycles. The van der Waals surface area contributed by atoms with Crippen LogP contribution in [0.2, 0.25) is 5.02 Å². The topological polar surface area (TPSA) is 93.5 Å². The molecule has 4 aromatic rings. The number of nitrogens with one attached hydrogen (secondary N) is 4. The molecule has 0 aliphatic carbocycles. The Kier molecular flexibility index (Phi) is 3.47. The number of rotatable bonds is 2. The summed E-state index contributed by atoms with van der Waals surface area (Å²) in [5.41, 5.74) is 2.35. The fraction of sp³-hybridized carbons (Fsp3) is 0. The normalized spacial score (nSPS) is 11.2. The first-order valence-corrected chi connectivity index (χ1v) is 8.18. The van der Waals surface area contributed by atoms with Crippen molar-refractivity contribution in [3.63, 3.8) is 0 Å². The largest absolute Gasteiger partial charge is 0.358 e. The van der Waals surface area contributed by atoms with Gasteiger partial charge < -0.3 is 20.3 Å². The van der Waals surface area contributed by atoms with E-state index in [0.29, 0.717) is 31.8 Å². The first-order chi connectivity index (χ1) is 11.5. The number of anilines is 1. The number of carbonyl (C=O) groups is 1. The van der Waals surface area contributed by atoms with Crippen molar-refractivity contribution in [1.82, 2.24) is 15.0 Å². The maximum Gasteiger partial charge on any atom is 0.323 e. The van der Waals surface area contributed by atoms with Gasteiger partial charge in [0.2, 0.25) is 0 Å². The van der Waals surface area contributed by atoms with Gasteiger partial charge in [-0.25, -0.2) is 4.79 Å². The van der Waals surface area contributed by atoms with Gasteiger partial charge in [0.25, 0.3) is 5.91 Å². The molecule has 6 nitrogen and oxygen atoms in total. The van der Waals surface area contributed by atoms with E-state index < -0.39 is 0 Å². The number of fused-ring (bicyclic) bond motifs is 2. The zero-order chi connectivity index (χ0) is 16.8. The highest BCUT2D eigenvalue weighted by Gasteiger charge is 2.16. The average Bonchev–Trinajstić information content (AvgIpc) is 3.09. The number of para-hydroxylation sites is 1. The molecule has 0 bridgehead atoms. The Hall–Kier alpha value is -2.51. The van der Waals surface area contributed by atoms with Crippen LogP contribution in [0.25, 0.3) is 21.9 Å². The van der Waals surface area contributed by atoms with E-state index in [0.717, 1.165) is 10.9 Å². The number of hydrogen-bond acceptors (Lipinski definition) is 2. The van der Waals surface area contributed by atoms with E-state index in [4.69, 9.17) is 11.6 Å². The highest BCUT2D eigenvalue weighted by Crippen LogP contribution is 2.29. The number of amides is 1. The van der Waals surface area contributed by atoms with Gasteiger partial charge in [0, 0.05) is 16.1 Å². The van der Waals surface area contributed by atoms with E-state index >= 15 is 0 Å². The summed E-state index contributed by atoms with van der Waals surface area (Å²) in [4.78, 5) is 32.6. The number of carbonyl (C=O) groups excluding carboxylic acids is 1. The lowest BCUT2D eigenvalue weighted by atomic mass is 10.1. The molecule has 2 aromatic heterocycles. The van der Waals surface area contributed by atoms with Crippen LogP contribution in [-0.4, -0.2) is 20.9 Å². The van der Waals surface area contributed by atoms with Crippen molar-refractivity contribution in [1.29, 1.82) is 0 Å². The first-order valence-electron chi connectivity index (χ1n) is 7.01. The van der Waals surface area contributed by atoms with Crippen LogP contribution in [0.3, 0.4) is 0 Å². The second-order valence-electron chi connectivity index (χ2n) is 5.27. The smallest absolute Gasteiger partial charge is 0.323 e. The Bertz CT molecular complexity index is 1160. The van der Waals surface area contributed by atoms with Gasteiger partial charge in [-0.05, 0) is 18.2 Å². The van der Waals surface area contributed by atoms with E-state index in [-0.39, 0.29) is 11.6 Å². The van der Waals surface area contributed by atoms with Crippen molar-refractivity contribution < 1.29 is 4.79 Å². The Morgan fingerprint density at radius 2 is 2.00 bits per heavy atom. The molecule has 0 atom stereocenters. The molecule has 0 aliphatic rings. The highest BCUT2D eigenvalue weighted by atomic mass is 79.9. The first kappa shape index (κ1) is 15.0. The number of halogens is 2. The fourth-order valence-electron chi connectivity index (χ4n) is 2.70. The van der Waals surface area contributed by atoms with Crippen LogP contribution in [-0.2, 0) is 0 Å². The molecule has 0 fully saturated rings. The lowest BCUT2D eigenvalue weighted by molar-refractivity contribution is 0.102. The second-order valence-corrected chi connectivity index (χ2v) is 6.60. The van der Waals surface area contributed by atoms with Crippen molar-refractivity contribution in [2.24, 2.45) is 0 Å². The van der Waals surface area contributed by atoms with Crippen molar-refractivity contribution in [2.75, 3.05) is 5.32 Å². The quantitative estimate of drug-likeness (QED) is 0.406. The fourth-order valence-corrected chi connectivity index (χ4v) is 3.37. The molecule has 2 aromatic carbocycles. The molecule has 0 spiro atoms. The predicted molar refractivity (Wildman–Crippen MR) is 97.9 cm³/mol. The summed E-state index contributed by atoms with van der Waals surface area (Å²) in [5.74, 6) is -0.338. The molecule has 24 heavy (non-hydrogen) atoms. The summed E-state index contributed by atoms with van der Waals surface area (Å²) in [6.07, 6.45) is 1.67. The highest BCUT2D eigenvalue weighted by molar-refractivity contribution is 9.10. The van der Waals surface area contributed by atoms with Crippen LogP contribution in [0, 0.1) is 0 Å². The van der Waals surface area contributed by atoms with Crippen LogP contribution < -0.4 is 11.0 Å². The summed E-state index contributed by atoms with van der Waals surface area (Å²) in [6.45, 7) is 0. The van der Waals surface area contributed by atoms with Crippen molar-refractivity contribution >= 4 is 61.1 Å². The SMILES string of the molecule is O=C(Nc1cccc2c(Cl)c[nH]c12)c1cc(Br)cc2[nH]c(=O)[nH]c12. The minimum atomic E-state index is -0.365. The summed E-state index contributed by atoms with van der Waals surface area (Å²) >= 11 is 9.46. The van der Waals surface area contributed by atoms with E-state index in [1.54, 1.807) is 24.4 Å². The van der Waals surface area contributed by atoms with E-state index in [1.165, 1.54) is 0 Å². The van der Waals surface area contributed by atoms with Gasteiger partial charge in [-0.2, -0.15) is 0 Å². The van der Waals surface area contributed by atoms with Gasteiger partial charge in [0.15, 0.2) is 0 Å². The molecule has 0 aliphatic heterocycles. The molecule has 0 radical (unpaired) electrons. The molecular weight excluding hydrogens is 396 g/mol. The summed E-state index contributed by atoms with van der Waals surface area (Å²) in [6, 6.07) is 8.85. The van der Waals surface area contributed by atoms with Gasteiger partial charge >= 0.3 is 5.69 Å². The Morgan fingerprint density at radius 1 is 1.17 bits per heavy atom. The Labute approximate surface area is 148 Å². The van der Waals surface area contributed by atoms with Gasteiger partial charge in [0.1, 0.15) is 0 Å². The van der Waals surface area contributed by atoms with E-state index in [1.807, 2.05) is 12.1 Å². The van der Waals surface area contributed by atoms with Gasteiger partial charge in [-0.3, -0.25) is 4.79 Å². The zero-order valence-electron chi connectivity index (χ0n) is 12.0. The second kappa shape index (κ2) is 5.54. The van der Waals surface area contributed by atoms with Crippen LogP contribution >= 0.6 is 27.5 Å². The number of H-pyrrole nitrogens is 3. The molecule has 1 amide bonds. The monoisotopic (exact) mass is 404 g/mol. The number of aromatic amines is 3. The lowest BCUT2D eigenvalue weighted by Crippen LogP contribution is -2.13. The zero-order valence-corrected chi connectivity index (χ0v) is 14.4. The summed E-state index contributed by atoms with van der Waals surface area (Å²) in [7, 11) is 0. The third kappa shape index (κ3) is 2.42. The van der Waals surface area contributed by atoms with Crippen LogP contribution in [0.4, 0.5) is 5.69 Å². The Balaban J connectivity index is 1.80. The van der Waals surface area contributed by atoms with E-state index in [2.05, 4.69) is 36.2 Å². The molecule has 2 heterocycles. The van der Waals surface area contributed by atoms with Crippen LogP contribution in [0.1, 0.15) is 10.4 Å². The van der Waals surface area contributed by atoms with Crippen molar-refractivity contribution in [3.8, 4) is 0 Å². The number of aromatic nitrogens is 3.